The first kappa shape index (κ1) is 56.3. The van der Waals surface area contributed by atoms with E-state index in [2.05, 4.69) is 55.2 Å². The summed E-state index contributed by atoms with van der Waals surface area (Å²) in [6.07, 6.45) is 1.69. The van der Waals surface area contributed by atoms with Crippen molar-refractivity contribution in [3.05, 3.63) is 113 Å². The molecule has 0 saturated carbocycles. The molecule has 0 fully saturated rings. The molecule has 398 valence electrons. The Hall–Kier alpha value is -7.96. The molecular formula is C36H31N11O22S6. The van der Waals surface area contributed by atoms with Gasteiger partial charge in [-0.2, -0.15) is 50.5 Å². The third kappa shape index (κ3) is 14.9. The van der Waals surface area contributed by atoms with Crippen molar-refractivity contribution in [3.63, 3.8) is 0 Å². The highest BCUT2D eigenvalue weighted by Gasteiger charge is 2.24. The van der Waals surface area contributed by atoms with Crippen molar-refractivity contribution in [3.8, 4) is 0 Å². The maximum absolute atomic E-state index is 12.7. The minimum Gasteiger partial charge on any atom is -0.481 e. The van der Waals surface area contributed by atoms with Crippen LogP contribution in [0.2, 0.25) is 0 Å². The number of benzene rings is 4. The molecule has 2 aromatic heterocycles. The van der Waals surface area contributed by atoms with Gasteiger partial charge >= 0.3 is 11.9 Å². The van der Waals surface area contributed by atoms with Gasteiger partial charge < -0.3 is 15.5 Å². The van der Waals surface area contributed by atoms with Crippen LogP contribution in [0.25, 0.3) is 12.2 Å². The van der Waals surface area contributed by atoms with Crippen molar-refractivity contribution in [1.29, 1.82) is 0 Å². The van der Waals surface area contributed by atoms with Crippen LogP contribution in [-0.4, -0.2) is 136 Å². The SMILES string of the molecule is O=C(O)C[C@H](N=c1[nH]c(=Nc2ccc(/C=C/c3ccc(N=c4ncnc(Nc5cc(S(=O)(=O)O)ccc5S(=O)(=O)O)[nH]4)cc3S(=O)(=O)O)c(S(=O)(=O)O)c2)[nH]c(=Nc2cc(S(=O)(=O)O)ccc2S(=O)(=O)O)[nH]1)C(=O)O. The van der Waals surface area contributed by atoms with Crippen LogP contribution in [0.1, 0.15) is 17.5 Å². The first-order chi connectivity index (χ1) is 34.5. The molecule has 0 bridgehead atoms. The minimum atomic E-state index is -5.23. The summed E-state index contributed by atoms with van der Waals surface area (Å²) < 4.78 is 205. The number of aromatic amines is 4. The van der Waals surface area contributed by atoms with E-state index >= 15 is 0 Å². The third-order valence-electron chi connectivity index (χ3n) is 9.23. The number of rotatable bonds is 17. The van der Waals surface area contributed by atoms with Crippen LogP contribution in [0, 0.1) is 0 Å². The summed E-state index contributed by atoms with van der Waals surface area (Å²) in [5.41, 5.74) is -5.18. The molecule has 0 aliphatic carbocycles. The van der Waals surface area contributed by atoms with Gasteiger partial charge in [0.25, 0.3) is 60.7 Å². The van der Waals surface area contributed by atoms with Crippen molar-refractivity contribution in [2.24, 2.45) is 20.0 Å². The van der Waals surface area contributed by atoms with Crippen molar-refractivity contribution in [2.75, 3.05) is 5.32 Å². The fraction of sp³-hybridized carbons (Fsp3) is 0.0556. The van der Waals surface area contributed by atoms with Gasteiger partial charge in [-0.05, 0) is 71.8 Å². The van der Waals surface area contributed by atoms with E-state index in [-0.39, 0.29) is 22.4 Å². The number of carbonyl (C=O) groups is 2. The number of hydrogen-bond acceptors (Lipinski definition) is 21. The lowest BCUT2D eigenvalue weighted by Gasteiger charge is -2.10. The summed E-state index contributed by atoms with van der Waals surface area (Å²) in [5.74, 6) is -3.80. The standard InChI is InChI=1S/C36H31N11O22S6/c48-30(49)15-25(31(50)51)43-36-46-34(45-35(47-36)42-24-14-22(71(55,56)57)8-10-27(24)73(61,62)63)40-20-6-4-18(29(12-20)75(67,68)69)2-1-17-3-5-19(11-28(17)74(64,65)66)39-32-37-16-38-33(44-32)41-23-13-21(70(52,53)54)7-9-26(23)72(58,59)60/h1-14,16,25H,15H2,(H,48,49)(H,50,51)(H,52,53,54)(H,55,56,57)(H,58,59,60)(H,61,62,63)(H,64,65,66)(H,67,68,69)(H2,37,38,39,41,44)(H3,40,42,43,45,46,47)/b2-1+/t25-/m0/s1. The van der Waals surface area contributed by atoms with Crippen LogP contribution < -0.4 is 27.8 Å². The summed E-state index contributed by atoms with van der Waals surface area (Å²) in [5, 5.41) is 21.2. The number of carboxylic acid groups (broad SMARTS) is 2. The van der Waals surface area contributed by atoms with Gasteiger partial charge in [-0.1, -0.05) is 24.3 Å². The number of hydrogen-bond donors (Lipinski definition) is 13. The lowest BCUT2D eigenvalue weighted by molar-refractivity contribution is -0.145. The average molecular weight is 1160 g/mol. The molecule has 75 heavy (non-hydrogen) atoms. The second-order valence-corrected chi connectivity index (χ2v) is 23.0. The Morgan fingerprint density at radius 2 is 1.01 bits per heavy atom. The van der Waals surface area contributed by atoms with Crippen LogP contribution in [0.15, 0.2) is 128 Å². The van der Waals surface area contributed by atoms with Crippen LogP contribution in [0.3, 0.4) is 0 Å². The molecular weight excluding hydrogens is 1130 g/mol. The maximum atomic E-state index is 12.7. The van der Waals surface area contributed by atoms with E-state index < -0.39 is 154 Å². The van der Waals surface area contributed by atoms with Gasteiger partial charge in [0, 0.05) is 0 Å². The van der Waals surface area contributed by atoms with Crippen LogP contribution >= 0.6 is 0 Å². The topological polar surface area (TPSA) is 551 Å². The number of H-pyrrole nitrogens is 4. The van der Waals surface area contributed by atoms with Gasteiger partial charge in [-0.15, -0.1) is 0 Å². The number of anilines is 2. The largest absolute Gasteiger partial charge is 0.481 e. The molecule has 33 nitrogen and oxygen atoms in total. The fourth-order valence-electron chi connectivity index (χ4n) is 6.09. The first-order valence-corrected chi connectivity index (χ1v) is 28.0. The highest BCUT2D eigenvalue weighted by molar-refractivity contribution is 7.87. The van der Waals surface area contributed by atoms with Gasteiger partial charge in [-0.25, -0.2) is 34.7 Å². The van der Waals surface area contributed by atoms with E-state index in [4.69, 9.17) is 0 Å². The molecule has 0 saturated heterocycles. The summed E-state index contributed by atoms with van der Waals surface area (Å²) in [7, 11) is -30.5. The van der Waals surface area contributed by atoms with Gasteiger partial charge in [0.2, 0.25) is 28.4 Å². The molecule has 0 unspecified atom stereocenters. The zero-order valence-corrected chi connectivity index (χ0v) is 41.3. The zero-order chi connectivity index (χ0) is 55.6. The minimum absolute atomic E-state index is 0.248. The highest BCUT2D eigenvalue weighted by atomic mass is 32.2. The number of aliphatic carboxylic acids is 2. The predicted molar refractivity (Wildman–Crippen MR) is 248 cm³/mol. The maximum Gasteiger partial charge on any atom is 0.329 e. The molecule has 2 heterocycles. The molecule has 0 radical (unpaired) electrons. The number of nitrogens with zero attached hydrogens (tertiary/aromatic N) is 6. The summed E-state index contributed by atoms with van der Waals surface area (Å²) in [6.45, 7) is 0. The second-order valence-electron chi connectivity index (χ2n) is 14.5. The summed E-state index contributed by atoms with van der Waals surface area (Å²) in [4.78, 5) is 50.9. The smallest absolute Gasteiger partial charge is 0.329 e. The van der Waals surface area contributed by atoms with Crippen molar-refractivity contribution >= 4 is 113 Å². The monoisotopic (exact) mass is 1160 g/mol. The van der Waals surface area contributed by atoms with Crippen molar-refractivity contribution in [1.82, 2.24) is 29.9 Å². The molecule has 6 aromatic rings. The van der Waals surface area contributed by atoms with E-state index in [1.54, 1.807) is 0 Å². The Balaban J connectivity index is 1.43. The molecule has 39 heteroatoms. The predicted octanol–water partition coefficient (Wildman–Crippen LogP) is -0.291. The molecule has 0 amide bonds. The molecule has 0 aliphatic heterocycles. The van der Waals surface area contributed by atoms with Gasteiger partial charge in [-0.3, -0.25) is 52.0 Å². The number of aromatic nitrogens is 6. The van der Waals surface area contributed by atoms with Crippen molar-refractivity contribution in [2.45, 2.75) is 41.8 Å². The quantitative estimate of drug-likeness (QED) is 0.0412. The molecule has 4 aromatic carbocycles. The Labute approximate surface area is 418 Å². The lowest BCUT2D eigenvalue weighted by Crippen LogP contribution is -2.38. The van der Waals surface area contributed by atoms with E-state index in [0.717, 1.165) is 54.9 Å². The van der Waals surface area contributed by atoms with E-state index in [1.807, 2.05) is 0 Å². The summed E-state index contributed by atoms with van der Waals surface area (Å²) in [6, 6.07) is 7.48. The summed E-state index contributed by atoms with van der Waals surface area (Å²) >= 11 is 0. The van der Waals surface area contributed by atoms with E-state index in [1.165, 1.54) is 0 Å². The van der Waals surface area contributed by atoms with Gasteiger partial charge in [0.05, 0.1) is 39.0 Å². The molecule has 1 atom stereocenters. The molecule has 0 aliphatic rings. The Morgan fingerprint density at radius 3 is 1.51 bits per heavy atom. The third-order valence-corrected chi connectivity index (χ3v) is 14.6. The van der Waals surface area contributed by atoms with Crippen molar-refractivity contribution < 1.29 is 97.6 Å². The van der Waals surface area contributed by atoms with E-state index in [9.17, 15) is 97.6 Å². The Bertz CT molecular complexity index is 4400. The normalized spacial score (nSPS) is 14.3. The molecule has 6 rings (SSSR count). The molecule has 13 N–H and O–H groups in total. The molecule has 0 spiro atoms. The number of carboxylic acids is 2. The van der Waals surface area contributed by atoms with Crippen LogP contribution in [0.4, 0.5) is 28.7 Å². The zero-order valence-electron chi connectivity index (χ0n) is 36.4. The van der Waals surface area contributed by atoms with Crippen LogP contribution in [-0.2, 0) is 70.3 Å². The van der Waals surface area contributed by atoms with Crippen LogP contribution in [0.5, 0.6) is 0 Å². The second kappa shape index (κ2) is 21.1. The van der Waals surface area contributed by atoms with Gasteiger partial charge in [0.15, 0.2) is 6.04 Å². The number of nitrogens with one attached hydrogen (secondary N) is 5. The first-order valence-electron chi connectivity index (χ1n) is 19.4. The van der Waals surface area contributed by atoms with Gasteiger partial charge in [0.1, 0.15) is 25.9 Å². The van der Waals surface area contributed by atoms with E-state index in [0.29, 0.717) is 36.4 Å². The fourth-order valence-corrected chi connectivity index (χ4v) is 9.74. The average Bonchev–Trinajstić information content (AvgIpc) is 3.26. The highest BCUT2D eigenvalue weighted by Crippen LogP contribution is 2.30. The Morgan fingerprint density at radius 1 is 0.533 bits per heavy atom. The lowest BCUT2D eigenvalue weighted by atomic mass is 10.1. The Kier molecular flexibility index (Phi) is 15.9.